The average Bonchev–Trinajstić information content (AvgIpc) is 2.76. The summed E-state index contributed by atoms with van der Waals surface area (Å²) in [5, 5.41) is 4.78. The molecule has 2 aromatic rings. The molecule has 0 amide bonds. The number of hydrogen-bond acceptors (Lipinski definition) is 4. The van der Waals surface area contributed by atoms with E-state index in [0.717, 1.165) is 14.5 Å². The van der Waals surface area contributed by atoms with Crippen molar-refractivity contribution in [2.75, 3.05) is 0 Å². The van der Waals surface area contributed by atoms with Crippen molar-refractivity contribution in [3.63, 3.8) is 0 Å². The van der Waals surface area contributed by atoms with Gasteiger partial charge in [-0.25, -0.2) is 4.98 Å². The normalized spacial score (nSPS) is 12.2. The summed E-state index contributed by atoms with van der Waals surface area (Å²) in [5.41, 5.74) is 0. The predicted molar refractivity (Wildman–Crippen MR) is 63.7 cm³/mol. The van der Waals surface area contributed by atoms with E-state index in [1.807, 2.05) is 17.0 Å². The van der Waals surface area contributed by atoms with E-state index in [-0.39, 0.29) is 0 Å². The average molecular weight is 323 g/mol. The Morgan fingerprint density at radius 1 is 1.46 bits per heavy atom. The molecule has 0 aliphatic rings. The van der Waals surface area contributed by atoms with Crippen molar-refractivity contribution in [1.82, 2.24) is 9.55 Å². The topological polar surface area (TPSA) is 30.2 Å². The molecule has 2 aromatic heterocycles. The maximum Gasteiger partial charge on any atom is 0.211 e. The maximum absolute atomic E-state index is 4.42. The minimum atomic E-state index is 0.820. The SMILES string of the molecule is ICn1ccsc1=Nc1nccs1. The lowest BCUT2D eigenvalue weighted by molar-refractivity contribution is 0.873. The van der Waals surface area contributed by atoms with Crippen molar-refractivity contribution in [1.29, 1.82) is 0 Å². The van der Waals surface area contributed by atoms with Crippen molar-refractivity contribution in [2.24, 2.45) is 4.99 Å². The largest absolute Gasteiger partial charge is 0.314 e. The quantitative estimate of drug-likeness (QED) is 0.617. The fourth-order valence-corrected chi connectivity index (χ4v) is 2.90. The summed E-state index contributed by atoms with van der Waals surface area (Å²) in [4.78, 5) is 9.53. The van der Waals surface area contributed by atoms with Crippen molar-refractivity contribution >= 4 is 50.4 Å². The fourth-order valence-electron chi connectivity index (χ4n) is 0.831. The van der Waals surface area contributed by atoms with Crippen LogP contribution < -0.4 is 4.80 Å². The number of rotatable bonds is 2. The Balaban J connectivity index is 2.45. The molecule has 0 fully saturated rings. The van der Waals surface area contributed by atoms with E-state index in [0.29, 0.717) is 0 Å². The molecule has 13 heavy (non-hydrogen) atoms. The van der Waals surface area contributed by atoms with Gasteiger partial charge in [0.2, 0.25) is 5.13 Å². The summed E-state index contributed by atoms with van der Waals surface area (Å²) in [5.74, 6) is 0. The molecule has 2 heterocycles. The summed E-state index contributed by atoms with van der Waals surface area (Å²) in [6.45, 7) is 0. The standard InChI is InChI=1S/C7H6IN3S2/c8-5-11-2-4-13-7(11)10-6-9-1-3-12-6/h1-4H,5H2. The van der Waals surface area contributed by atoms with Crippen molar-refractivity contribution in [3.8, 4) is 0 Å². The summed E-state index contributed by atoms with van der Waals surface area (Å²) >= 11 is 5.49. The molecular formula is C7H6IN3S2. The molecule has 0 spiro atoms. The van der Waals surface area contributed by atoms with Crippen LogP contribution in [0.4, 0.5) is 5.13 Å². The van der Waals surface area contributed by atoms with Gasteiger partial charge in [-0.15, -0.1) is 22.7 Å². The fraction of sp³-hybridized carbons (Fsp3) is 0.143. The van der Waals surface area contributed by atoms with Gasteiger partial charge in [-0.1, -0.05) is 22.6 Å². The molecule has 0 saturated carbocycles. The number of aromatic nitrogens is 2. The third kappa shape index (κ3) is 2.18. The highest BCUT2D eigenvalue weighted by atomic mass is 127. The van der Waals surface area contributed by atoms with Gasteiger partial charge < -0.3 is 4.57 Å². The van der Waals surface area contributed by atoms with Crippen LogP contribution >= 0.6 is 45.3 Å². The molecule has 3 nitrogen and oxygen atoms in total. The second-order valence-electron chi connectivity index (χ2n) is 2.20. The Morgan fingerprint density at radius 3 is 3.08 bits per heavy atom. The maximum atomic E-state index is 4.42. The van der Waals surface area contributed by atoms with Crippen LogP contribution in [0.2, 0.25) is 0 Å². The van der Waals surface area contributed by atoms with Crippen molar-refractivity contribution < 1.29 is 0 Å². The first kappa shape index (κ1) is 9.35. The molecule has 0 radical (unpaired) electrons. The van der Waals surface area contributed by atoms with E-state index in [2.05, 4.69) is 37.1 Å². The Labute approximate surface area is 96.9 Å². The molecule has 68 valence electrons. The Hall–Kier alpha value is -0.210. The Bertz CT molecular complexity index is 429. The van der Waals surface area contributed by atoms with Crippen LogP contribution in [0.15, 0.2) is 28.1 Å². The lowest BCUT2D eigenvalue weighted by atomic mass is 10.9. The van der Waals surface area contributed by atoms with Gasteiger partial charge in [0.05, 0.1) is 4.55 Å². The minimum Gasteiger partial charge on any atom is -0.314 e. The molecule has 0 N–H and O–H groups in total. The van der Waals surface area contributed by atoms with Crippen LogP contribution in [0.5, 0.6) is 0 Å². The Kier molecular flexibility index (Phi) is 3.12. The van der Waals surface area contributed by atoms with Gasteiger partial charge in [0.25, 0.3) is 0 Å². The van der Waals surface area contributed by atoms with Gasteiger partial charge in [0, 0.05) is 23.2 Å². The molecule has 0 atom stereocenters. The zero-order chi connectivity index (χ0) is 9.10. The zero-order valence-electron chi connectivity index (χ0n) is 6.55. The molecule has 0 unspecified atom stereocenters. The number of nitrogens with zero attached hydrogens (tertiary/aromatic N) is 3. The molecule has 6 heteroatoms. The molecule has 0 bridgehead atoms. The highest BCUT2D eigenvalue weighted by Gasteiger charge is 1.94. The van der Waals surface area contributed by atoms with Crippen molar-refractivity contribution in [2.45, 2.75) is 4.55 Å². The molecule has 0 aliphatic carbocycles. The summed E-state index contributed by atoms with van der Waals surface area (Å²) in [6, 6.07) is 0. The van der Waals surface area contributed by atoms with E-state index in [1.165, 1.54) is 0 Å². The van der Waals surface area contributed by atoms with Crippen LogP contribution in [0.1, 0.15) is 0 Å². The predicted octanol–water partition coefficient (Wildman–Crippen LogP) is 2.63. The number of halogens is 1. The summed E-state index contributed by atoms with van der Waals surface area (Å²) in [6.07, 6.45) is 3.80. The van der Waals surface area contributed by atoms with Crippen LogP contribution in [-0.2, 0) is 4.55 Å². The van der Waals surface area contributed by atoms with Gasteiger partial charge in [-0.2, -0.15) is 4.99 Å². The van der Waals surface area contributed by atoms with Crippen LogP contribution in [-0.4, -0.2) is 9.55 Å². The second kappa shape index (κ2) is 4.34. The highest BCUT2D eigenvalue weighted by molar-refractivity contribution is 14.1. The molecular weight excluding hydrogens is 317 g/mol. The van der Waals surface area contributed by atoms with E-state index in [9.17, 15) is 0 Å². The smallest absolute Gasteiger partial charge is 0.211 e. The number of hydrogen-bond donors (Lipinski definition) is 0. The Morgan fingerprint density at radius 2 is 2.38 bits per heavy atom. The zero-order valence-corrected chi connectivity index (χ0v) is 10.3. The summed E-state index contributed by atoms with van der Waals surface area (Å²) < 4.78 is 3.01. The first-order chi connectivity index (χ1) is 6.40. The van der Waals surface area contributed by atoms with Gasteiger partial charge in [0.15, 0.2) is 4.80 Å². The lowest BCUT2D eigenvalue weighted by Gasteiger charge is -1.91. The van der Waals surface area contributed by atoms with Crippen LogP contribution in [0.25, 0.3) is 0 Å². The lowest BCUT2D eigenvalue weighted by Crippen LogP contribution is -2.10. The first-order valence-electron chi connectivity index (χ1n) is 3.54. The number of alkyl halides is 1. The van der Waals surface area contributed by atoms with E-state index in [4.69, 9.17) is 0 Å². The van der Waals surface area contributed by atoms with Crippen LogP contribution in [0.3, 0.4) is 0 Å². The van der Waals surface area contributed by atoms with Gasteiger partial charge >= 0.3 is 0 Å². The molecule has 2 rings (SSSR count). The third-order valence-electron chi connectivity index (χ3n) is 1.40. The first-order valence-corrected chi connectivity index (χ1v) is 6.83. The molecule has 0 aromatic carbocycles. The molecule has 0 aliphatic heterocycles. The van der Waals surface area contributed by atoms with Gasteiger partial charge in [-0.3, -0.25) is 0 Å². The highest BCUT2D eigenvalue weighted by Crippen LogP contribution is 2.13. The van der Waals surface area contributed by atoms with E-state index < -0.39 is 0 Å². The van der Waals surface area contributed by atoms with Gasteiger partial charge in [0.1, 0.15) is 0 Å². The minimum absolute atomic E-state index is 0.820. The van der Waals surface area contributed by atoms with Crippen molar-refractivity contribution in [3.05, 3.63) is 28.0 Å². The van der Waals surface area contributed by atoms with Crippen LogP contribution in [0, 0.1) is 0 Å². The molecule has 0 saturated heterocycles. The third-order valence-corrected chi connectivity index (χ3v) is 3.59. The summed E-state index contributed by atoms with van der Waals surface area (Å²) in [7, 11) is 0. The van der Waals surface area contributed by atoms with E-state index >= 15 is 0 Å². The van der Waals surface area contributed by atoms with Gasteiger partial charge in [-0.05, 0) is 0 Å². The second-order valence-corrected chi connectivity index (χ2v) is 4.63. The monoisotopic (exact) mass is 323 g/mol. The number of thiazole rings is 2. The van der Waals surface area contributed by atoms with E-state index in [1.54, 1.807) is 28.9 Å².